The minimum absolute atomic E-state index is 0.0174. The van der Waals surface area contributed by atoms with Crippen LogP contribution in [0.2, 0.25) is 0 Å². The first kappa shape index (κ1) is 19.6. The Morgan fingerprint density at radius 3 is 2.83 bits per heavy atom. The van der Waals surface area contributed by atoms with E-state index >= 15 is 0 Å². The van der Waals surface area contributed by atoms with E-state index < -0.39 is 11.2 Å². The number of hydrogen-bond donors (Lipinski definition) is 1. The lowest BCUT2D eigenvalue weighted by Crippen LogP contribution is -2.36. The van der Waals surface area contributed by atoms with Gasteiger partial charge in [-0.15, -0.1) is 0 Å². The number of anilines is 1. The van der Waals surface area contributed by atoms with Crippen molar-refractivity contribution >= 4 is 34.5 Å². The predicted molar refractivity (Wildman–Crippen MR) is 116 cm³/mol. The number of nitrogens with one attached hydrogen (secondary N) is 1. The molecule has 0 radical (unpaired) electrons. The van der Waals surface area contributed by atoms with Crippen LogP contribution in [0.4, 0.5) is 5.69 Å². The highest BCUT2D eigenvalue weighted by Gasteiger charge is 2.38. The summed E-state index contributed by atoms with van der Waals surface area (Å²) in [6.07, 6.45) is 6.74. The average Bonchev–Trinajstić information content (AvgIpc) is 3.46. The van der Waals surface area contributed by atoms with E-state index in [0.717, 1.165) is 25.2 Å². The molecule has 3 fully saturated rings. The van der Waals surface area contributed by atoms with Gasteiger partial charge in [0.05, 0.1) is 31.4 Å². The summed E-state index contributed by atoms with van der Waals surface area (Å²) in [6, 6.07) is 7.75. The first-order valence-corrected chi connectivity index (χ1v) is 11.4. The molecule has 1 aromatic carbocycles. The van der Waals surface area contributed by atoms with E-state index in [0.29, 0.717) is 36.0 Å². The fourth-order valence-corrected chi connectivity index (χ4v) is 5.59. The zero-order valence-electron chi connectivity index (χ0n) is 16.7. The van der Waals surface area contributed by atoms with Gasteiger partial charge in [-0.1, -0.05) is 36.0 Å². The van der Waals surface area contributed by atoms with Crippen LogP contribution in [0.5, 0.6) is 5.75 Å². The fraction of sp³-hybridized carbons (Fsp3) is 0.500. The molecule has 2 heterocycles. The SMILES string of the molecule is O=C(CC1SC(=NC2CC3C=CC2C3)NC1=O)Oc1ccccc1N1CCOCC1. The van der Waals surface area contributed by atoms with Gasteiger partial charge in [0.15, 0.2) is 10.9 Å². The monoisotopic (exact) mass is 427 g/mol. The number of carbonyl (C=O) groups excluding carboxylic acids is 2. The number of fused-ring (bicyclic) bond motifs is 2. The number of ether oxygens (including phenoxy) is 2. The summed E-state index contributed by atoms with van der Waals surface area (Å²) in [5, 5.41) is 2.98. The van der Waals surface area contributed by atoms with Gasteiger partial charge in [-0.05, 0) is 36.8 Å². The second-order valence-electron chi connectivity index (χ2n) is 8.12. The van der Waals surface area contributed by atoms with E-state index in [1.165, 1.54) is 18.2 Å². The van der Waals surface area contributed by atoms with Crippen LogP contribution in [0.25, 0.3) is 0 Å². The van der Waals surface area contributed by atoms with Gasteiger partial charge >= 0.3 is 5.97 Å². The van der Waals surface area contributed by atoms with Crippen LogP contribution in [-0.4, -0.2) is 54.6 Å². The average molecular weight is 428 g/mol. The molecule has 1 amide bonds. The molecule has 1 N–H and O–H groups in total. The number of nitrogens with zero attached hydrogens (tertiary/aromatic N) is 2. The van der Waals surface area contributed by atoms with Crippen molar-refractivity contribution in [2.75, 3.05) is 31.2 Å². The number of amidine groups is 1. The number of carbonyl (C=O) groups is 2. The predicted octanol–water partition coefficient (Wildman–Crippen LogP) is 2.37. The molecule has 4 aliphatic rings. The van der Waals surface area contributed by atoms with E-state index in [9.17, 15) is 9.59 Å². The van der Waals surface area contributed by atoms with Crippen LogP contribution in [0.15, 0.2) is 41.4 Å². The van der Waals surface area contributed by atoms with Gasteiger partial charge in [0.1, 0.15) is 5.25 Å². The summed E-state index contributed by atoms with van der Waals surface area (Å²) in [5.74, 6) is 1.06. The minimum atomic E-state index is -0.499. The Bertz CT molecular complexity index is 896. The number of amides is 1. The smallest absolute Gasteiger partial charge is 0.312 e. The number of hydrogen-bond acceptors (Lipinski definition) is 7. The molecule has 30 heavy (non-hydrogen) atoms. The molecule has 8 heteroatoms. The maximum atomic E-state index is 12.6. The highest BCUT2D eigenvalue weighted by molar-refractivity contribution is 8.15. The Morgan fingerprint density at radius 1 is 1.23 bits per heavy atom. The summed E-state index contributed by atoms with van der Waals surface area (Å²) in [5.41, 5.74) is 0.879. The van der Waals surface area contributed by atoms with Gasteiger partial charge in [-0.25, -0.2) is 0 Å². The summed E-state index contributed by atoms with van der Waals surface area (Å²) in [4.78, 5) is 31.9. The molecule has 5 rings (SSSR count). The summed E-state index contributed by atoms with van der Waals surface area (Å²) < 4.78 is 11.1. The first-order chi connectivity index (χ1) is 14.7. The van der Waals surface area contributed by atoms with Crippen molar-refractivity contribution in [1.29, 1.82) is 0 Å². The van der Waals surface area contributed by atoms with Gasteiger partial charge in [0.2, 0.25) is 5.91 Å². The van der Waals surface area contributed by atoms with E-state index in [1.807, 2.05) is 18.2 Å². The van der Waals surface area contributed by atoms with E-state index in [1.54, 1.807) is 6.07 Å². The molecule has 2 aliphatic carbocycles. The van der Waals surface area contributed by atoms with Gasteiger partial charge in [-0.2, -0.15) is 0 Å². The lowest BCUT2D eigenvalue weighted by Gasteiger charge is -2.30. The highest BCUT2D eigenvalue weighted by atomic mass is 32.2. The summed E-state index contributed by atoms with van der Waals surface area (Å²) in [7, 11) is 0. The van der Waals surface area contributed by atoms with Crippen molar-refractivity contribution in [1.82, 2.24) is 5.32 Å². The molecule has 2 aliphatic heterocycles. The number of aliphatic imine (C=N–C) groups is 1. The van der Waals surface area contributed by atoms with Crippen molar-refractivity contribution in [2.45, 2.75) is 30.6 Å². The van der Waals surface area contributed by atoms with E-state index in [-0.39, 0.29) is 18.4 Å². The largest absolute Gasteiger partial charge is 0.424 e. The number of benzene rings is 1. The Balaban J connectivity index is 1.20. The maximum absolute atomic E-state index is 12.6. The normalized spacial score (nSPS) is 31.4. The van der Waals surface area contributed by atoms with Crippen LogP contribution in [0.3, 0.4) is 0 Å². The molecule has 1 aromatic rings. The lowest BCUT2D eigenvalue weighted by atomic mass is 10.0. The quantitative estimate of drug-likeness (QED) is 0.442. The zero-order chi connectivity index (χ0) is 20.5. The maximum Gasteiger partial charge on any atom is 0.312 e. The van der Waals surface area contributed by atoms with Crippen molar-refractivity contribution in [3.05, 3.63) is 36.4 Å². The van der Waals surface area contributed by atoms with Crippen molar-refractivity contribution in [3.63, 3.8) is 0 Å². The molecule has 1 saturated carbocycles. The number of allylic oxidation sites excluding steroid dienone is 1. The fourth-order valence-electron chi connectivity index (χ4n) is 4.58. The Hall–Kier alpha value is -2.32. The van der Waals surface area contributed by atoms with Gasteiger partial charge < -0.3 is 19.7 Å². The molecule has 7 nitrogen and oxygen atoms in total. The zero-order valence-corrected chi connectivity index (χ0v) is 17.5. The number of thioether (sulfide) groups is 1. The number of rotatable bonds is 5. The molecule has 2 saturated heterocycles. The second-order valence-corrected chi connectivity index (χ2v) is 9.31. The van der Waals surface area contributed by atoms with Crippen molar-refractivity contribution in [2.24, 2.45) is 16.8 Å². The van der Waals surface area contributed by atoms with Crippen molar-refractivity contribution < 1.29 is 19.1 Å². The second kappa shape index (κ2) is 8.43. The van der Waals surface area contributed by atoms with Crippen LogP contribution >= 0.6 is 11.8 Å². The third kappa shape index (κ3) is 4.11. The third-order valence-electron chi connectivity index (χ3n) is 6.10. The van der Waals surface area contributed by atoms with E-state index in [4.69, 9.17) is 14.5 Å². The molecule has 0 spiro atoms. The molecule has 158 valence electrons. The van der Waals surface area contributed by atoms with Crippen LogP contribution < -0.4 is 15.0 Å². The molecular formula is C22H25N3O4S. The lowest BCUT2D eigenvalue weighted by molar-refractivity contribution is -0.135. The molecule has 0 aromatic heterocycles. The number of para-hydroxylation sites is 2. The van der Waals surface area contributed by atoms with Crippen LogP contribution in [-0.2, 0) is 14.3 Å². The number of morpholine rings is 1. The van der Waals surface area contributed by atoms with Gasteiger partial charge in [0.25, 0.3) is 0 Å². The molecule has 2 bridgehead atoms. The van der Waals surface area contributed by atoms with E-state index in [2.05, 4.69) is 22.4 Å². The summed E-state index contributed by atoms with van der Waals surface area (Å²) in [6.45, 7) is 2.82. The highest BCUT2D eigenvalue weighted by Crippen LogP contribution is 2.41. The summed E-state index contributed by atoms with van der Waals surface area (Å²) >= 11 is 1.34. The Kier molecular flexibility index (Phi) is 5.52. The first-order valence-electron chi connectivity index (χ1n) is 10.5. The Labute approximate surface area is 179 Å². The van der Waals surface area contributed by atoms with Gasteiger partial charge in [-0.3, -0.25) is 14.6 Å². The topological polar surface area (TPSA) is 80.2 Å². The minimum Gasteiger partial charge on any atom is -0.424 e. The Morgan fingerprint density at radius 2 is 2.07 bits per heavy atom. The van der Waals surface area contributed by atoms with Crippen LogP contribution in [0, 0.1) is 11.8 Å². The van der Waals surface area contributed by atoms with Crippen molar-refractivity contribution in [3.8, 4) is 5.75 Å². The molecule has 4 atom stereocenters. The third-order valence-corrected chi connectivity index (χ3v) is 7.19. The number of esters is 1. The van der Waals surface area contributed by atoms with Crippen LogP contribution in [0.1, 0.15) is 19.3 Å². The molecular weight excluding hydrogens is 402 g/mol. The molecule has 4 unspecified atom stereocenters. The standard InChI is InChI=1S/C22H25N3O4S/c26-20(29-18-4-2-1-3-17(18)25-7-9-28-10-8-25)13-19-21(27)24-22(30-19)23-16-12-14-5-6-15(16)11-14/h1-6,14-16,19H,7-13H2,(H,23,24,27). The van der Waals surface area contributed by atoms with Gasteiger partial charge in [0, 0.05) is 13.1 Å².